The quantitative estimate of drug-likeness (QED) is 0.678. The van der Waals surface area contributed by atoms with Crippen molar-refractivity contribution in [1.29, 1.82) is 5.26 Å². The Kier molecular flexibility index (Phi) is 4.93. The van der Waals surface area contributed by atoms with Gasteiger partial charge in [0.1, 0.15) is 5.38 Å². The van der Waals surface area contributed by atoms with Crippen LogP contribution in [-0.2, 0) is 0 Å². The summed E-state index contributed by atoms with van der Waals surface area (Å²) in [5.41, 5.74) is 0. The highest BCUT2D eigenvalue weighted by Gasteiger charge is 2.20. The summed E-state index contributed by atoms with van der Waals surface area (Å²) < 4.78 is 0. The number of halogens is 1. The van der Waals surface area contributed by atoms with Gasteiger partial charge in [0.25, 0.3) is 0 Å². The van der Waals surface area contributed by atoms with E-state index in [4.69, 9.17) is 16.9 Å². The monoisotopic (exact) mass is 218 g/mol. The van der Waals surface area contributed by atoms with E-state index in [1.165, 1.54) is 12.2 Å². The highest BCUT2D eigenvalue weighted by molar-refractivity contribution is 8.00. The molecule has 0 bridgehead atoms. The second kappa shape index (κ2) is 5.74. The summed E-state index contributed by atoms with van der Waals surface area (Å²) in [6.45, 7) is 5.09. The molecule has 74 valence electrons. The van der Waals surface area contributed by atoms with E-state index in [2.05, 4.69) is 17.9 Å². The van der Waals surface area contributed by atoms with Gasteiger partial charge in [-0.2, -0.15) is 17.0 Å². The Labute approximate surface area is 89.2 Å². The molecule has 0 aliphatic carbocycles. The van der Waals surface area contributed by atoms with Crippen LogP contribution in [0.4, 0.5) is 0 Å². The zero-order valence-electron chi connectivity index (χ0n) is 7.87. The summed E-state index contributed by atoms with van der Waals surface area (Å²) in [5.74, 6) is 1.17. The van der Waals surface area contributed by atoms with E-state index < -0.39 is 0 Å². The molecule has 13 heavy (non-hydrogen) atoms. The molecule has 0 radical (unpaired) electrons. The molecule has 1 rings (SSSR count). The number of nitriles is 1. The summed E-state index contributed by atoms with van der Waals surface area (Å²) in [6, 6.07) is 2.06. The van der Waals surface area contributed by atoms with Gasteiger partial charge >= 0.3 is 0 Å². The van der Waals surface area contributed by atoms with Gasteiger partial charge in [-0.05, 0) is 6.42 Å². The van der Waals surface area contributed by atoms with E-state index in [1.807, 2.05) is 11.8 Å². The molecule has 0 aromatic carbocycles. The van der Waals surface area contributed by atoms with Gasteiger partial charge in [-0.3, -0.25) is 4.90 Å². The summed E-state index contributed by atoms with van der Waals surface area (Å²) in [4.78, 5) is 2.30. The highest BCUT2D eigenvalue weighted by atomic mass is 35.5. The Morgan fingerprint density at radius 3 is 3.15 bits per heavy atom. The van der Waals surface area contributed by atoms with Crippen LogP contribution in [0.1, 0.15) is 13.3 Å². The van der Waals surface area contributed by atoms with Crippen molar-refractivity contribution in [2.45, 2.75) is 24.0 Å². The van der Waals surface area contributed by atoms with Crippen molar-refractivity contribution in [1.82, 2.24) is 4.90 Å². The van der Waals surface area contributed by atoms with Crippen LogP contribution in [-0.4, -0.2) is 40.9 Å². The minimum atomic E-state index is -0.347. The molecule has 0 N–H and O–H groups in total. The molecule has 2 atom stereocenters. The Hall–Kier alpha value is 0.0900. The van der Waals surface area contributed by atoms with Gasteiger partial charge in [0.05, 0.1) is 6.07 Å². The van der Waals surface area contributed by atoms with Crippen molar-refractivity contribution < 1.29 is 0 Å². The maximum Gasteiger partial charge on any atom is 0.133 e. The summed E-state index contributed by atoms with van der Waals surface area (Å²) in [7, 11) is 0. The first-order valence-electron chi connectivity index (χ1n) is 4.64. The predicted octanol–water partition coefficient (Wildman–Crippen LogP) is 1.94. The van der Waals surface area contributed by atoms with E-state index in [0.29, 0.717) is 0 Å². The van der Waals surface area contributed by atoms with Crippen LogP contribution in [0.2, 0.25) is 0 Å². The number of hydrogen-bond donors (Lipinski definition) is 0. The lowest BCUT2D eigenvalue weighted by molar-refractivity contribution is 0.289. The lowest BCUT2D eigenvalue weighted by atomic mass is 10.3. The van der Waals surface area contributed by atoms with Gasteiger partial charge in [0.15, 0.2) is 0 Å². The maximum atomic E-state index is 8.57. The molecule has 0 spiro atoms. The van der Waals surface area contributed by atoms with Crippen molar-refractivity contribution in [3.8, 4) is 6.07 Å². The normalized spacial score (nSPS) is 26.7. The molecule has 0 saturated carbocycles. The predicted molar refractivity (Wildman–Crippen MR) is 58.2 cm³/mol. The zero-order chi connectivity index (χ0) is 9.68. The Bertz CT molecular complexity index is 193. The topological polar surface area (TPSA) is 27.0 Å². The van der Waals surface area contributed by atoms with Gasteiger partial charge in [0.2, 0.25) is 0 Å². The lowest BCUT2D eigenvalue weighted by Gasteiger charge is -2.31. The molecule has 1 saturated heterocycles. The van der Waals surface area contributed by atoms with E-state index in [-0.39, 0.29) is 5.38 Å². The van der Waals surface area contributed by atoms with E-state index in [9.17, 15) is 0 Å². The lowest BCUT2D eigenvalue weighted by Crippen LogP contribution is -2.40. The zero-order valence-corrected chi connectivity index (χ0v) is 9.44. The first-order chi connectivity index (χ1) is 6.26. The molecule has 0 amide bonds. The van der Waals surface area contributed by atoms with E-state index >= 15 is 0 Å². The van der Waals surface area contributed by atoms with E-state index in [0.717, 1.165) is 24.9 Å². The van der Waals surface area contributed by atoms with Crippen LogP contribution in [0.25, 0.3) is 0 Å². The average Bonchev–Trinajstić information content (AvgIpc) is 2.18. The fraction of sp³-hybridized carbons (Fsp3) is 0.889. The van der Waals surface area contributed by atoms with Crippen LogP contribution < -0.4 is 0 Å². The van der Waals surface area contributed by atoms with Gasteiger partial charge in [-0.25, -0.2) is 0 Å². The largest absolute Gasteiger partial charge is 0.299 e. The van der Waals surface area contributed by atoms with Crippen molar-refractivity contribution >= 4 is 23.4 Å². The fourth-order valence-corrected chi connectivity index (χ4v) is 2.90. The minimum Gasteiger partial charge on any atom is -0.299 e. The third kappa shape index (κ3) is 3.76. The first kappa shape index (κ1) is 11.2. The number of hydrogen-bond acceptors (Lipinski definition) is 3. The van der Waals surface area contributed by atoms with E-state index in [1.54, 1.807) is 0 Å². The third-order valence-electron chi connectivity index (χ3n) is 2.24. The van der Waals surface area contributed by atoms with Crippen LogP contribution in [0, 0.1) is 11.3 Å². The van der Waals surface area contributed by atoms with Crippen molar-refractivity contribution in [3.63, 3.8) is 0 Å². The second-order valence-electron chi connectivity index (χ2n) is 3.26. The molecule has 1 aliphatic heterocycles. The molecule has 0 aromatic heterocycles. The molecule has 1 heterocycles. The molecule has 1 aliphatic rings. The van der Waals surface area contributed by atoms with Crippen LogP contribution in [0.5, 0.6) is 0 Å². The summed E-state index contributed by atoms with van der Waals surface area (Å²) in [6.07, 6.45) is 1.21. The molecular weight excluding hydrogens is 204 g/mol. The summed E-state index contributed by atoms with van der Waals surface area (Å²) >= 11 is 7.81. The van der Waals surface area contributed by atoms with Crippen LogP contribution >= 0.6 is 23.4 Å². The van der Waals surface area contributed by atoms with Crippen molar-refractivity contribution in [3.05, 3.63) is 0 Å². The second-order valence-corrected chi connectivity index (χ2v) is 5.19. The fourth-order valence-electron chi connectivity index (χ4n) is 1.46. The van der Waals surface area contributed by atoms with Crippen LogP contribution in [0.3, 0.4) is 0 Å². The van der Waals surface area contributed by atoms with Gasteiger partial charge < -0.3 is 0 Å². The standard InChI is InChI=1S/C9H15ClN2S/c1-2-9-7-12(3-4-13-9)6-8(10)5-11/h8-9H,2-4,6-7H2,1H3. The van der Waals surface area contributed by atoms with Crippen LogP contribution in [0.15, 0.2) is 0 Å². The number of rotatable bonds is 3. The molecular formula is C9H15ClN2S. The van der Waals surface area contributed by atoms with Gasteiger partial charge in [-0.1, -0.05) is 6.92 Å². The maximum absolute atomic E-state index is 8.57. The molecule has 0 aromatic rings. The highest BCUT2D eigenvalue weighted by Crippen LogP contribution is 2.21. The van der Waals surface area contributed by atoms with Crippen molar-refractivity contribution in [2.24, 2.45) is 0 Å². The average molecular weight is 219 g/mol. The minimum absolute atomic E-state index is 0.347. The number of alkyl halides is 1. The van der Waals surface area contributed by atoms with Gasteiger partial charge in [-0.15, -0.1) is 11.6 Å². The van der Waals surface area contributed by atoms with Crippen molar-refractivity contribution in [2.75, 3.05) is 25.4 Å². The smallest absolute Gasteiger partial charge is 0.133 e. The third-order valence-corrected chi connectivity index (χ3v) is 3.84. The molecule has 4 heteroatoms. The molecule has 1 fully saturated rings. The SMILES string of the molecule is CCC1CN(CC(Cl)C#N)CCS1. The number of thioether (sulfide) groups is 1. The Morgan fingerprint density at radius 1 is 1.77 bits per heavy atom. The first-order valence-corrected chi connectivity index (χ1v) is 6.12. The number of nitrogens with zero attached hydrogens (tertiary/aromatic N) is 2. The Balaban J connectivity index is 2.30. The summed E-state index contributed by atoms with van der Waals surface area (Å²) in [5, 5.41) is 8.96. The Morgan fingerprint density at radius 2 is 2.54 bits per heavy atom. The molecule has 2 nitrogen and oxygen atoms in total. The molecule has 2 unspecified atom stereocenters. The van der Waals surface area contributed by atoms with Gasteiger partial charge in [0, 0.05) is 30.6 Å².